The predicted octanol–water partition coefficient (Wildman–Crippen LogP) is 9.77. The first-order chi connectivity index (χ1) is 22.6. The molecule has 0 saturated carbocycles. The van der Waals surface area contributed by atoms with Crippen molar-refractivity contribution >= 4 is 46.4 Å². The highest BCUT2D eigenvalue weighted by Crippen LogP contribution is 2.36. The summed E-state index contributed by atoms with van der Waals surface area (Å²) in [5.74, 6) is 0. The summed E-state index contributed by atoms with van der Waals surface area (Å²) in [4.78, 5) is 17.7. The van der Waals surface area contributed by atoms with Crippen LogP contribution in [0.2, 0.25) is 0 Å². The molecule has 0 radical (unpaired) electrons. The van der Waals surface area contributed by atoms with Crippen molar-refractivity contribution in [2.75, 3.05) is 0 Å². The zero-order valence-electron chi connectivity index (χ0n) is 25.7. The fourth-order valence-corrected chi connectivity index (χ4v) is 6.39. The van der Waals surface area contributed by atoms with E-state index in [-0.39, 0.29) is 6.61 Å². The zero-order chi connectivity index (χ0) is 31.2. The number of nitrogens with zero attached hydrogens (tertiary/aromatic N) is 2. The van der Waals surface area contributed by atoms with E-state index in [1.54, 1.807) is 0 Å². The van der Waals surface area contributed by atoms with Gasteiger partial charge in [0.1, 0.15) is 0 Å². The van der Waals surface area contributed by atoms with Gasteiger partial charge in [-0.25, -0.2) is 9.97 Å². The molecule has 3 N–H and O–H groups in total. The number of benzene rings is 3. The molecule has 8 bridgehead atoms. The summed E-state index contributed by atoms with van der Waals surface area (Å²) in [6.07, 6.45) is 8.03. The van der Waals surface area contributed by atoms with Crippen molar-refractivity contribution in [2.45, 2.75) is 20.5 Å². The molecule has 0 fully saturated rings. The highest BCUT2D eigenvalue weighted by atomic mass is 16.3. The van der Waals surface area contributed by atoms with Gasteiger partial charge in [0.25, 0.3) is 0 Å². The first-order valence-corrected chi connectivity index (χ1v) is 15.5. The van der Waals surface area contributed by atoms with Gasteiger partial charge in [0.2, 0.25) is 0 Å². The number of hydrogen-bond acceptors (Lipinski definition) is 3. The standard InChI is InChI=1S/C41H32N4O/c1-25-8-12-28(13-9-25)40-33-18-16-31(42-33)30(24-46)32-17-19-34(43-32)41(29-14-10-26(2)11-15-29)38-23-21-36(45-38)39(27-6-4-3-5-7-27)35-20-22-37(40)44-35/h3-23,44-46H,24H2,1-2H3. The van der Waals surface area contributed by atoms with Crippen LogP contribution in [-0.4, -0.2) is 25.0 Å². The van der Waals surface area contributed by atoms with Crippen LogP contribution in [0.5, 0.6) is 0 Å². The molecule has 8 rings (SSSR count). The summed E-state index contributed by atoms with van der Waals surface area (Å²) in [5, 5.41) is 10.6. The molecule has 5 heterocycles. The summed E-state index contributed by atoms with van der Waals surface area (Å²) in [7, 11) is 0. The van der Waals surface area contributed by atoms with Crippen LogP contribution in [0.3, 0.4) is 0 Å². The molecule has 6 aromatic rings. The minimum absolute atomic E-state index is 0.179. The molecule has 0 aliphatic carbocycles. The Morgan fingerprint density at radius 2 is 0.848 bits per heavy atom. The first-order valence-electron chi connectivity index (χ1n) is 15.5. The average Bonchev–Trinajstić information content (AvgIpc) is 3.91. The number of aromatic nitrogens is 4. The number of aliphatic hydroxyl groups is 1. The van der Waals surface area contributed by atoms with Crippen LogP contribution in [0, 0.1) is 13.8 Å². The van der Waals surface area contributed by atoms with Gasteiger partial charge in [0.05, 0.1) is 29.4 Å². The van der Waals surface area contributed by atoms with Gasteiger partial charge in [-0.15, -0.1) is 0 Å². The first kappa shape index (κ1) is 27.7. The molecule has 46 heavy (non-hydrogen) atoms. The van der Waals surface area contributed by atoms with Crippen LogP contribution >= 0.6 is 0 Å². The summed E-state index contributed by atoms with van der Waals surface area (Å²) in [5.41, 5.74) is 16.3. The van der Waals surface area contributed by atoms with E-state index in [1.807, 2.05) is 30.4 Å². The topological polar surface area (TPSA) is 77.6 Å². The van der Waals surface area contributed by atoms with E-state index in [4.69, 9.17) is 9.97 Å². The third kappa shape index (κ3) is 4.87. The van der Waals surface area contributed by atoms with Crippen molar-refractivity contribution in [3.8, 4) is 33.4 Å². The van der Waals surface area contributed by atoms with Crippen LogP contribution in [0.1, 0.15) is 39.5 Å². The molecule has 3 aromatic heterocycles. The summed E-state index contributed by atoms with van der Waals surface area (Å²) >= 11 is 0. The Morgan fingerprint density at radius 1 is 0.457 bits per heavy atom. The van der Waals surface area contributed by atoms with Gasteiger partial charge in [0, 0.05) is 44.3 Å². The molecule has 2 aliphatic rings. The molecule has 0 saturated heterocycles. The lowest BCUT2D eigenvalue weighted by atomic mass is 10.0. The van der Waals surface area contributed by atoms with Crippen molar-refractivity contribution in [2.24, 2.45) is 0 Å². The van der Waals surface area contributed by atoms with Crippen LogP contribution in [0.15, 0.2) is 103 Å². The van der Waals surface area contributed by atoms with Crippen molar-refractivity contribution in [3.63, 3.8) is 0 Å². The Morgan fingerprint density at radius 3 is 1.28 bits per heavy atom. The van der Waals surface area contributed by atoms with Gasteiger partial charge < -0.3 is 15.1 Å². The summed E-state index contributed by atoms with van der Waals surface area (Å²) in [6.45, 7) is 4.01. The normalized spacial score (nSPS) is 12.2. The maximum Gasteiger partial charge on any atom is 0.0737 e. The molecule has 0 spiro atoms. The quantitative estimate of drug-likeness (QED) is 0.189. The minimum Gasteiger partial charge on any atom is -0.392 e. The smallest absolute Gasteiger partial charge is 0.0737 e. The van der Waals surface area contributed by atoms with Crippen molar-refractivity contribution < 1.29 is 5.11 Å². The second-order valence-corrected chi connectivity index (χ2v) is 11.9. The highest BCUT2D eigenvalue weighted by Gasteiger charge is 2.18. The van der Waals surface area contributed by atoms with E-state index in [1.165, 1.54) is 11.1 Å². The van der Waals surface area contributed by atoms with E-state index in [9.17, 15) is 5.11 Å². The molecule has 3 aromatic carbocycles. The second kappa shape index (κ2) is 11.3. The molecule has 0 unspecified atom stereocenters. The van der Waals surface area contributed by atoms with E-state index in [2.05, 4.69) is 121 Å². The average molecular weight is 597 g/mol. The van der Waals surface area contributed by atoms with E-state index < -0.39 is 0 Å². The molecular formula is C41H32N4O. The van der Waals surface area contributed by atoms with Crippen molar-refractivity contribution in [3.05, 3.63) is 143 Å². The summed E-state index contributed by atoms with van der Waals surface area (Å²) < 4.78 is 0. The fourth-order valence-electron chi connectivity index (χ4n) is 6.39. The number of H-pyrrole nitrogens is 2. The largest absolute Gasteiger partial charge is 0.392 e. The number of aryl methyl sites for hydroxylation is 2. The van der Waals surface area contributed by atoms with E-state index in [0.29, 0.717) is 17.0 Å². The van der Waals surface area contributed by atoms with Crippen molar-refractivity contribution in [1.82, 2.24) is 19.9 Å². The molecule has 5 nitrogen and oxygen atoms in total. The van der Waals surface area contributed by atoms with Crippen LogP contribution in [0.4, 0.5) is 0 Å². The predicted molar refractivity (Wildman–Crippen MR) is 191 cm³/mol. The highest BCUT2D eigenvalue weighted by molar-refractivity contribution is 5.99. The lowest BCUT2D eigenvalue weighted by Crippen LogP contribution is -1.94. The van der Waals surface area contributed by atoms with Gasteiger partial charge in [-0.2, -0.15) is 0 Å². The fraction of sp³-hybridized carbons (Fsp3) is 0.0732. The number of fused-ring (bicyclic) bond motifs is 8. The lowest BCUT2D eigenvalue weighted by molar-refractivity contribution is 0.280. The Kier molecular flexibility index (Phi) is 6.81. The number of rotatable bonds is 4. The number of hydrogen-bond donors (Lipinski definition) is 3. The van der Waals surface area contributed by atoms with Crippen LogP contribution < -0.4 is 0 Å². The molecule has 0 atom stereocenters. The summed E-state index contributed by atoms with van der Waals surface area (Å²) in [6, 6.07) is 36.1. The second-order valence-electron chi connectivity index (χ2n) is 11.9. The third-order valence-electron chi connectivity index (χ3n) is 8.76. The van der Waals surface area contributed by atoms with Gasteiger partial charge in [-0.3, -0.25) is 0 Å². The number of aromatic amines is 2. The Labute approximate surface area is 267 Å². The molecular weight excluding hydrogens is 564 g/mol. The molecule has 0 amide bonds. The van der Waals surface area contributed by atoms with Crippen molar-refractivity contribution in [1.29, 1.82) is 0 Å². The zero-order valence-corrected chi connectivity index (χ0v) is 25.7. The van der Waals surface area contributed by atoms with Gasteiger partial charge in [-0.1, -0.05) is 90.0 Å². The molecule has 222 valence electrons. The van der Waals surface area contributed by atoms with Crippen LogP contribution in [-0.2, 0) is 6.61 Å². The lowest BCUT2D eigenvalue weighted by Gasteiger charge is -2.06. The Bertz CT molecular complexity index is 2200. The molecule has 5 heteroatoms. The minimum atomic E-state index is -0.179. The Hall–Kier alpha value is -5.78. The molecule has 2 aliphatic heterocycles. The van der Waals surface area contributed by atoms with Crippen LogP contribution in [0.25, 0.3) is 79.8 Å². The SMILES string of the molecule is Cc1ccc(-c2c3nc(c(CO)c4nc(c(-c5ccc(C)cc5)c5ccc([nH]5)c(-c5ccccc5)c5ccc2[nH]5)C=C4)C=C3)cc1. The van der Waals surface area contributed by atoms with Gasteiger partial charge in [0.15, 0.2) is 0 Å². The monoisotopic (exact) mass is 596 g/mol. The maximum absolute atomic E-state index is 10.6. The Balaban J connectivity index is 1.55. The third-order valence-corrected chi connectivity index (χ3v) is 8.76. The van der Waals surface area contributed by atoms with E-state index >= 15 is 0 Å². The number of nitrogens with one attached hydrogen (secondary N) is 2. The van der Waals surface area contributed by atoms with Gasteiger partial charge in [-0.05, 0) is 79.1 Å². The van der Waals surface area contributed by atoms with E-state index in [0.717, 1.165) is 66.8 Å². The van der Waals surface area contributed by atoms with Gasteiger partial charge >= 0.3 is 0 Å². The number of aliphatic hydroxyl groups excluding tert-OH is 1. The maximum atomic E-state index is 10.6.